The van der Waals surface area contributed by atoms with Gasteiger partial charge in [0.05, 0.1) is 22.5 Å². The fourth-order valence-electron chi connectivity index (χ4n) is 2.31. The van der Waals surface area contributed by atoms with Gasteiger partial charge >= 0.3 is 0 Å². The predicted molar refractivity (Wildman–Crippen MR) is 82.7 cm³/mol. The highest BCUT2D eigenvalue weighted by atomic mass is 19.1. The molecule has 0 radical (unpaired) electrons. The molecule has 3 aromatic rings. The summed E-state index contributed by atoms with van der Waals surface area (Å²) in [6.45, 7) is 1.95. The fraction of sp³-hybridized carbons (Fsp3) is 0.118. The van der Waals surface area contributed by atoms with Gasteiger partial charge in [-0.1, -0.05) is 18.2 Å². The van der Waals surface area contributed by atoms with E-state index in [4.69, 9.17) is 5.26 Å². The maximum absolute atomic E-state index is 14.0. The molecule has 2 aromatic carbocycles. The summed E-state index contributed by atoms with van der Waals surface area (Å²) in [5.74, 6) is 0.104. The van der Waals surface area contributed by atoms with Gasteiger partial charge in [0.15, 0.2) is 0 Å². The molecule has 3 rings (SSSR count). The summed E-state index contributed by atoms with van der Waals surface area (Å²) in [5, 5.41) is 12.4. The quantitative estimate of drug-likeness (QED) is 0.797. The third-order valence-electron chi connectivity index (χ3n) is 3.51. The van der Waals surface area contributed by atoms with Crippen LogP contribution in [0.4, 0.5) is 10.2 Å². The molecule has 0 spiro atoms. The molecule has 108 valence electrons. The van der Waals surface area contributed by atoms with Gasteiger partial charge in [-0.15, -0.1) is 0 Å². The van der Waals surface area contributed by atoms with Crippen molar-refractivity contribution in [3.05, 3.63) is 65.7 Å². The monoisotopic (exact) mass is 292 g/mol. The van der Waals surface area contributed by atoms with E-state index in [1.807, 2.05) is 19.1 Å². The summed E-state index contributed by atoms with van der Waals surface area (Å²) in [4.78, 5) is 8.23. The third kappa shape index (κ3) is 2.59. The molecule has 0 saturated heterocycles. The van der Waals surface area contributed by atoms with E-state index in [0.717, 1.165) is 5.56 Å². The number of fused-ring (bicyclic) bond motifs is 1. The molecule has 0 aliphatic rings. The topological polar surface area (TPSA) is 61.6 Å². The Balaban J connectivity index is 1.94. The minimum absolute atomic E-state index is 0.0783. The lowest BCUT2D eigenvalue weighted by Gasteiger charge is -2.16. The molecule has 1 N–H and O–H groups in total. The molecule has 0 unspecified atom stereocenters. The van der Waals surface area contributed by atoms with Crippen LogP contribution in [0.25, 0.3) is 10.9 Å². The Kier molecular flexibility index (Phi) is 3.67. The van der Waals surface area contributed by atoms with Gasteiger partial charge in [-0.05, 0) is 36.8 Å². The van der Waals surface area contributed by atoms with Crippen LogP contribution in [0.3, 0.4) is 0 Å². The second-order valence-electron chi connectivity index (χ2n) is 4.96. The summed E-state index contributed by atoms with van der Waals surface area (Å²) in [6.07, 6.45) is 1.41. The molecule has 1 atom stereocenters. The smallest absolute Gasteiger partial charge is 0.140 e. The van der Waals surface area contributed by atoms with Crippen molar-refractivity contribution >= 4 is 16.7 Å². The highest BCUT2D eigenvalue weighted by Crippen LogP contribution is 2.26. The van der Waals surface area contributed by atoms with E-state index in [9.17, 15) is 4.39 Å². The molecule has 22 heavy (non-hydrogen) atoms. The zero-order valence-corrected chi connectivity index (χ0v) is 11.9. The Bertz CT molecular complexity index is 847. The van der Waals surface area contributed by atoms with Crippen LogP contribution >= 0.6 is 0 Å². The van der Waals surface area contributed by atoms with E-state index >= 15 is 0 Å². The lowest BCUT2D eigenvalue weighted by atomic mass is 10.1. The normalized spacial score (nSPS) is 11.9. The standard InChI is InChI=1S/C17H13FN4/c1-11(13-7-5-12(9-19)6-8-13)22-17-16-14(18)3-2-4-15(16)20-10-21-17/h2-8,10-11H,1H3,(H,20,21,22)/t11-/m1/s1. The molecular formula is C17H13FN4. The van der Waals surface area contributed by atoms with Crippen molar-refractivity contribution in [1.82, 2.24) is 9.97 Å². The first kappa shape index (κ1) is 14.0. The summed E-state index contributed by atoms with van der Waals surface area (Å²) < 4.78 is 14.0. The highest BCUT2D eigenvalue weighted by Gasteiger charge is 2.12. The van der Waals surface area contributed by atoms with Crippen molar-refractivity contribution in [2.45, 2.75) is 13.0 Å². The number of anilines is 1. The van der Waals surface area contributed by atoms with E-state index < -0.39 is 0 Å². The number of halogens is 1. The summed E-state index contributed by atoms with van der Waals surface area (Å²) in [5.41, 5.74) is 2.15. The number of nitrogens with zero attached hydrogens (tertiary/aromatic N) is 3. The van der Waals surface area contributed by atoms with Gasteiger partial charge in [-0.3, -0.25) is 0 Å². The lowest BCUT2D eigenvalue weighted by Crippen LogP contribution is -2.09. The third-order valence-corrected chi connectivity index (χ3v) is 3.51. The van der Waals surface area contributed by atoms with E-state index in [0.29, 0.717) is 22.3 Å². The van der Waals surface area contributed by atoms with Crippen molar-refractivity contribution < 1.29 is 4.39 Å². The molecular weight excluding hydrogens is 279 g/mol. The highest BCUT2D eigenvalue weighted by molar-refractivity contribution is 5.89. The predicted octanol–water partition coefficient (Wildman–Crippen LogP) is 3.81. The summed E-state index contributed by atoms with van der Waals surface area (Å²) >= 11 is 0. The maximum Gasteiger partial charge on any atom is 0.140 e. The van der Waals surface area contributed by atoms with Crippen LogP contribution in [-0.4, -0.2) is 9.97 Å². The Morgan fingerprint density at radius 1 is 1.14 bits per heavy atom. The molecule has 0 aliphatic heterocycles. The molecule has 0 aliphatic carbocycles. The van der Waals surface area contributed by atoms with Gasteiger partial charge in [-0.25, -0.2) is 14.4 Å². The van der Waals surface area contributed by atoms with E-state index in [-0.39, 0.29) is 11.9 Å². The van der Waals surface area contributed by atoms with Gasteiger partial charge in [0, 0.05) is 6.04 Å². The molecule has 0 bridgehead atoms. The maximum atomic E-state index is 14.0. The zero-order chi connectivity index (χ0) is 15.5. The Labute approximate surface area is 127 Å². The SMILES string of the molecule is C[C@@H](Nc1ncnc2cccc(F)c12)c1ccc(C#N)cc1. The lowest BCUT2D eigenvalue weighted by molar-refractivity contribution is 0.639. The number of nitrogens with one attached hydrogen (secondary N) is 1. The Morgan fingerprint density at radius 2 is 1.91 bits per heavy atom. The molecule has 1 heterocycles. The first-order valence-corrected chi connectivity index (χ1v) is 6.85. The van der Waals surface area contributed by atoms with Crippen LogP contribution < -0.4 is 5.32 Å². The van der Waals surface area contributed by atoms with Crippen molar-refractivity contribution in [3.8, 4) is 6.07 Å². The van der Waals surface area contributed by atoms with Gasteiger partial charge in [0.25, 0.3) is 0 Å². The van der Waals surface area contributed by atoms with Crippen molar-refractivity contribution in [1.29, 1.82) is 5.26 Å². The average molecular weight is 292 g/mol. The molecule has 0 amide bonds. The molecule has 4 nitrogen and oxygen atoms in total. The van der Waals surface area contributed by atoms with Crippen LogP contribution in [-0.2, 0) is 0 Å². The van der Waals surface area contributed by atoms with Gasteiger partial charge in [0.1, 0.15) is 18.0 Å². The second-order valence-corrected chi connectivity index (χ2v) is 4.96. The van der Waals surface area contributed by atoms with Crippen LogP contribution in [0.15, 0.2) is 48.8 Å². The summed E-state index contributed by atoms with van der Waals surface area (Å²) in [7, 11) is 0. The van der Waals surface area contributed by atoms with Crippen LogP contribution in [0, 0.1) is 17.1 Å². The number of aromatic nitrogens is 2. The van der Waals surface area contributed by atoms with Crippen molar-refractivity contribution in [3.63, 3.8) is 0 Å². The average Bonchev–Trinajstić information content (AvgIpc) is 2.55. The van der Waals surface area contributed by atoms with Gasteiger partial charge in [0.2, 0.25) is 0 Å². The summed E-state index contributed by atoms with van der Waals surface area (Å²) in [6, 6.07) is 14.0. The number of rotatable bonds is 3. The number of hydrogen-bond donors (Lipinski definition) is 1. The molecule has 0 saturated carbocycles. The van der Waals surface area contributed by atoms with Crippen molar-refractivity contribution in [2.24, 2.45) is 0 Å². The van der Waals surface area contributed by atoms with E-state index in [1.165, 1.54) is 12.4 Å². The van der Waals surface area contributed by atoms with Crippen LogP contribution in [0.2, 0.25) is 0 Å². The Hall–Kier alpha value is -3.00. The Morgan fingerprint density at radius 3 is 2.64 bits per heavy atom. The van der Waals surface area contributed by atoms with Gasteiger partial charge < -0.3 is 5.32 Å². The first-order valence-electron chi connectivity index (χ1n) is 6.85. The first-order chi connectivity index (χ1) is 10.7. The number of nitriles is 1. The van der Waals surface area contributed by atoms with Crippen LogP contribution in [0.1, 0.15) is 24.1 Å². The molecule has 0 fully saturated rings. The molecule has 5 heteroatoms. The number of hydrogen-bond acceptors (Lipinski definition) is 4. The fourth-order valence-corrected chi connectivity index (χ4v) is 2.31. The van der Waals surface area contributed by atoms with E-state index in [2.05, 4.69) is 21.4 Å². The minimum Gasteiger partial charge on any atom is -0.363 e. The zero-order valence-electron chi connectivity index (χ0n) is 11.9. The van der Waals surface area contributed by atoms with Gasteiger partial charge in [-0.2, -0.15) is 5.26 Å². The number of benzene rings is 2. The minimum atomic E-state index is -0.354. The van der Waals surface area contributed by atoms with E-state index in [1.54, 1.807) is 24.3 Å². The second kappa shape index (κ2) is 5.78. The largest absolute Gasteiger partial charge is 0.363 e. The molecule has 1 aromatic heterocycles. The van der Waals surface area contributed by atoms with Crippen LogP contribution in [0.5, 0.6) is 0 Å². The van der Waals surface area contributed by atoms with Crippen molar-refractivity contribution in [2.75, 3.05) is 5.32 Å².